The fourth-order valence-electron chi connectivity index (χ4n) is 4.93. The predicted molar refractivity (Wildman–Crippen MR) is 139 cm³/mol. The van der Waals surface area contributed by atoms with Gasteiger partial charge in [-0.3, -0.25) is 14.5 Å². The lowest BCUT2D eigenvalue weighted by Crippen LogP contribution is -2.45. The van der Waals surface area contributed by atoms with Crippen molar-refractivity contribution < 1.29 is 19.4 Å². The molecule has 0 saturated heterocycles. The molecule has 0 bridgehead atoms. The summed E-state index contributed by atoms with van der Waals surface area (Å²) in [5.74, 6) is -0.580. The van der Waals surface area contributed by atoms with Crippen LogP contribution < -0.4 is 9.64 Å². The van der Waals surface area contributed by atoms with Gasteiger partial charge in [-0.2, -0.15) is 0 Å². The Hall–Kier alpha value is -2.96. The third kappa shape index (κ3) is 4.19. The highest BCUT2D eigenvalue weighted by Gasteiger charge is 2.45. The van der Waals surface area contributed by atoms with Crippen molar-refractivity contribution in [1.29, 1.82) is 0 Å². The Morgan fingerprint density at radius 3 is 2.60 bits per heavy atom. The molecule has 2 aliphatic heterocycles. The number of hydrogen-bond donors (Lipinski definition) is 1. The number of amides is 1. The van der Waals surface area contributed by atoms with E-state index in [4.69, 9.17) is 16.3 Å². The molecule has 2 atom stereocenters. The second-order valence-electron chi connectivity index (χ2n) is 9.84. The van der Waals surface area contributed by atoms with E-state index in [1.54, 1.807) is 47.0 Å². The number of carboxylic acid groups (broad SMARTS) is 1. The SMILES string of the molecule is CC(C)(C)c1ccc(N2C(=O)c3ccccc3[C@@H](C(=O)O)[C@@H]2c2ccc3c(c2)SCCO3)cc1Cl. The Kier molecular flexibility index (Phi) is 6.06. The molecule has 2 aliphatic rings. The van der Waals surface area contributed by atoms with Crippen LogP contribution in [0.2, 0.25) is 5.02 Å². The number of rotatable bonds is 3. The Balaban J connectivity index is 1.72. The molecule has 5 rings (SSSR count). The van der Waals surface area contributed by atoms with Crippen molar-refractivity contribution in [3.05, 3.63) is 87.9 Å². The molecule has 3 aromatic carbocycles. The number of anilines is 1. The lowest BCUT2D eigenvalue weighted by Gasteiger charge is -2.41. The summed E-state index contributed by atoms with van der Waals surface area (Å²) in [6, 6.07) is 17.5. The molecule has 0 aromatic heterocycles. The quantitative estimate of drug-likeness (QED) is 0.427. The van der Waals surface area contributed by atoms with Crippen molar-refractivity contribution in [2.45, 2.75) is 43.0 Å². The Morgan fingerprint density at radius 2 is 1.89 bits per heavy atom. The number of hydrogen-bond acceptors (Lipinski definition) is 4. The van der Waals surface area contributed by atoms with Gasteiger partial charge < -0.3 is 9.84 Å². The smallest absolute Gasteiger partial charge is 0.313 e. The summed E-state index contributed by atoms with van der Waals surface area (Å²) in [6.45, 7) is 6.86. The minimum atomic E-state index is -0.987. The summed E-state index contributed by atoms with van der Waals surface area (Å²) in [5.41, 5.74) is 3.01. The van der Waals surface area contributed by atoms with Crippen molar-refractivity contribution in [3.8, 4) is 5.75 Å². The van der Waals surface area contributed by atoms with Crippen molar-refractivity contribution in [2.75, 3.05) is 17.3 Å². The molecule has 3 aromatic rings. The molecule has 5 nitrogen and oxygen atoms in total. The van der Waals surface area contributed by atoms with E-state index in [1.165, 1.54) is 0 Å². The van der Waals surface area contributed by atoms with E-state index in [2.05, 4.69) is 20.8 Å². The lowest BCUT2D eigenvalue weighted by atomic mass is 9.79. The number of aliphatic carboxylic acids is 1. The molecule has 35 heavy (non-hydrogen) atoms. The normalized spacial score (nSPS) is 19.5. The van der Waals surface area contributed by atoms with Gasteiger partial charge in [-0.1, -0.05) is 62.7 Å². The van der Waals surface area contributed by atoms with Gasteiger partial charge >= 0.3 is 5.97 Å². The molecule has 180 valence electrons. The second-order valence-corrected chi connectivity index (χ2v) is 11.4. The third-order valence-corrected chi connectivity index (χ3v) is 7.87. The Labute approximate surface area is 214 Å². The Bertz CT molecular complexity index is 1330. The minimum Gasteiger partial charge on any atom is -0.492 e. The lowest BCUT2D eigenvalue weighted by molar-refractivity contribution is -0.139. The van der Waals surface area contributed by atoms with Gasteiger partial charge in [0, 0.05) is 26.9 Å². The van der Waals surface area contributed by atoms with Crippen LogP contribution >= 0.6 is 23.4 Å². The first-order valence-corrected chi connectivity index (χ1v) is 12.9. The third-order valence-electron chi connectivity index (χ3n) is 6.55. The van der Waals surface area contributed by atoms with Crippen LogP contribution in [0.25, 0.3) is 0 Å². The molecule has 0 aliphatic carbocycles. The average molecular weight is 508 g/mol. The maximum absolute atomic E-state index is 13.9. The van der Waals surface area contributed by atoms with Crippen LogP contribution in [0.5, 0.6) is 5.75 Å². The van der Waals surface area contributed by atoms with E-state index in [0.717, 1.165) is 27.5 Å². The fourth-order valence-corrected chi connectivity index (χ4v) is 6.27. The highest BCUT2D eigenvalue weighted by Crippen LogP contribution is 2.47. The molecule has 0 saturated carbocycles. The summed E-state index contributed by atoms with van der Waals surface area (Å²) in [6.07, 6.45) is 0. The number of ether oxygens (including phenoxy) is 1. The molecule has 0 spiro atoms. The summed E-state index contributed by atoms with van der Waals surface area (Å²) in [4.78, 5) is 29.2. The van der Waals surface area contributed by atoms with E-state index < -0.39 is 17.9 Å². The molecule has 7 heteroatoms. The molecular weight excluding hydrogens is 482 g/mol. The average Bonchev–Trinajstić information content (AvgIpc) is 2.82. The van der Waals surface area contributed by atoms with E-state index in [-0.39, 0.29) is 11.3 Å². The molecule has 0 unspecified atom stereocenters. The zero-order valence-electron chi connectivity index (χ0n) is 19.7. The number of carboxylic acids is 1. The zero-order valence-corrected chi connectivity index (χ0v) is 21.3. The van der Waals surface area contributed by atoms with Gasteiger partial charge in [-0.05, 0) is 52.4 Å². The minimum absolute atomic E-state index is 0.174. The van der Waals surface area contributed by atoms with Gasteiger partial charge in [0.25, 0.3) is 5.91 Å². The van der Waals surface area contributed by atoms with Crippen LogP contribution in [0.4, 0.5) is 5.69 Å². The zero-order chi connectivity index (χ0) is 24.9. The molecule has 1 amide bonds. The van der Waals surface area contributed by atoms with Crippen molar-refractivity contribution >= 4 is 40.9 Å². The highest BCUT2D eigenvalue weighted by atomic mass is 35.5. The maximum atomic E-state index is 13.9. The van der Waals surface area contributed by atoms with Crippen LogP contribution in [0.1, 0.15) is 59.8 Å². The molecule has 0 radical (unpaired) electrons. The number of fused-ring (bicyclic) bond motifs is 2. The van der Waals surface area contributed by atoms with Gasteiger partial charge in [0.15, 0.2) is 0 Å². The summed E-state index contributed by atoms with van der Waals surface area (Å²) < 4.78 is 5.75. The largest absolute Gasteiger partial charge is 0.492 e. The Morgan fingerprint density at radius 1 is 1.11 bits per heavy atom. The fraction of sp³-hybridized carbons (Fsp3) is 0.286. The van der Waals surface area contributed by atoms with E-state index in [9.17, 15) is 14.7 Å². The summed E-state index contributed by atoms with van der Waals surface area (Å²) in [7, 11) is 0. The molecular formula is C28H26ClNO4S. The standard InChI is InChI=1S/C28H26ClNO4S/c1-28(2,3)20-10-9-17(15-21(20)29)30-25(16-8-11-22-23(14-16)35-13-12-34-22)24(27(32)33)18-6-4-5-7-19(18)26(30)31/h4-11,14-15,24-25H,12-13H2,1-3H3,(H,32,33)/t24-,25+/m1/s1. The van der Waals surface area contributed by atoms with Crippen LogP contribution in [0.15, 0.2) is 65.6 Å². The number of carbonyl (C=O) groups is 2. The van der Waals surface area contributed by atoms with Crippen LogP contribution in [0.3, 0.4) is 0 Å². The van der Waals surface area contributed by atoms with Gasteiger partial charge in [0.1, 0.15) is 11.7 Å². The monoisotopic (exact) mass is 507 g/mol. The number of halogens is 1. The number of nitrogens with zero attached hydrogens (tertiary/aromatic N) is 1. The van der Waals surface area contributed by atoms with E-state index >= 15 is 0 Å². The first kappa shape index (κ1) is 23.8. The van der Waals surface area contributed by atoms with Crippen molar-refractivity contribution in [3.63, 3.8) is 0 Å². The first-order chi connectivity index (χ1) is 16.7. The van der Waals surface area contributed by atoms with Crippen LogP contribution in [-0.4, -0.2) is 29.3 Å². The van der Waals surface area contributed by atoms with Gasteiger partial charge in [-0.15, -0.1) is 11.8 Å². The van der Waals surface area contributed by atoms with Gasteiger partial charge in [0.05, 0.1) is 12.6 Å². The topological polar surface area (TPSA) is 66.8 Å². The van der Waals surface area contributed by atoms with Crippen LogP contribution in [0, 0.1) is 0 Å². The molecule has 0 fully saturated rings. The van der Waals surface area contributed by atoms with Crippen molar-refractivity contribution in [2.24, 2.45) is 0 Å². The highest BCUT2D eigenvalue weighted by molar-refractivity contribution is 7.99. The summed E-state index contributed by atoms with van der Waals surface area (Å²) in [5, 5.41) is 11.0. The molecule has 2 heterocycles. The van der Waals surface area contributed by atoms with Crippen LogP contribution in [-0.2, 0) is 10.2 Å². The van der Waals surface area contributed by atoms with Gasteiger partial charge in [-0.25, -0.2) is 0 Å². The number of carbonyl (C=O) groups excluding carboxylic acids is 1. The second kappa shape index (κ2) is 8.92. The number of thioether (sulfide) groups is 1. The first-order valence-electron chi connectivity index (χ1n) is 11.5. The maximum Gasteiger partial charge on any atom is 0.313 e. The van der Waals surface area contributed by atoms with Gasteiger partial charge in [0.2, 0.25) is 0 Å². The van der Waals surface area contributed by atoms with E-state index in [0.29, 0.717) is 28.4 Å². The van der Waals surface area contributed by atoms with Crippen molar-refractivity contribution in [1.82, 2.24) is 0 Å². The summed E-state index contributed by atoms with van der Waals surface area (Å²) >= 11 is 8.36. The number of benzene rings is 3. The predicted octanol–water partition coefficient (Wildman–Crippen LogP) is 6.69. The molecule has 1 N–H and O–H groups in total. The van der Waals surface area contributed by atoms with E-state index in [1.807, 2.05) is 30.3 Å².